The molecule has 0 saturated carbocycles. The molecular formula is C12H17N3O. The Labute approximate surface area is 95.3 Å². The van der Waals surface area contributed by atoms with Crippen molar-refractivity contribution in [1.82, 2.24) is 15.1 Å². The van der Waals surface area contributed by atoms with Crippen LogP contribution >= 0.6 is 0 Å². The van der Waals surface area contributed by atoms with E-state index in [0.29, 0.717) is 0 Å². The van der Waals surface area contributed by atoms with Gasteiger partial charge in [-0.25, -0.2) is 0 Å². The number of nitrogens with one attached hydrogen (secondary N) is 1. The van der Waals surface area contributed by atoms with Crippen LogP contribution in [0.1, 0.15) is 23.8 Å². The van der Waals surface area contributed by atoms with Crippen molar-refractivity contribution >= 4 is 0 Å². The van der Waals surface area contributed by atoms with Gasteiger partial charge in [-0.2, -0.15) is 5.10 Å². The summed E-state index contributed by atoms with van der Waals surface area (Å²) in [5.41, 5.74) is 1.26. The van der Waals surface area contributed by atoms with Crippen LogP contribution in [-0.4, -0.2) is 16.8 Å². The van der Waals surface area contributed by atoms with E-state index in [1.165, 1.54) is 5.56 Å². The van der Waals surface area contributed by atoms with Crippen LogP contribution in [0.25, 0.3) is 0 Å². The van der Waals surface area contributed by atoms with Crippen LogP contribution in [-0.2, 0) is 13.5 Å². The standard InChI is InChI=1S/C12H17N3O/c1-13-11(12-4-3-7-16-12)6-5-10-8-14-15(2)9-10/h3-4,7-9,11,13H,5-6H2,1-2H3. The van der Waals surface area contributed by atoms with Gasteiger partial charge in [0.05, 0.1) is 18.5 Å². The van der Waals surface area contributed by atoms with Crippen LogP contribution < -0.4 is 5.32 Å². The maximum atomic E-state index is 5.40. The van der Waals surface area contributed by atoms with Crippen LogP contribution in [0.4, 0.5) is 0 Å². The Kier molecular flexibility index (Phi) is 3.41. The molecule has 16 heavy (non-hydrogen) atoms. The van der Waals surface area contributed by atoms with Gasteiger partial charge in [-0.05, 0) is 37.6 Å². The van der Waals surface area contributed by atoms with Crippen molar-refractivity contribution in [1.29, 1.82) is 0 Å². The van der Waals surface area contributed by atoms with Gasteiger partial charge in [0.15, 0.2) is 0 Å². The largest absolute Gasteiger partial charge is 0.468 e. The lowest BCUT2D eigenvalue weighted by atomic mass is 10.1. The van der Waals surface area contributed by atoms with Gasteiger partial charge in [0.25, 0.3) is 0 Å². The lowest BCUT2D eigenvalue weighted by Gasteiger charge is -2.12. The van der Waals surface area contributed by atoms with E-state index in [1.54, 1.807) is 6.26 Å². The summed E-state index contributed by atoms with van der Waals surface area (Å²) >= 11 is 0. The molecule has 86 valence electrons. The van der Waals surface area contributed by atoms with E-state index in [2.05, 4.69) is 16.6 Å². The van der Waals surface area contributed by atoms with Gasteiger partial charge in [-0.1, -0.05) is 0 Å². The Balaban J connectivity index is 1.93. The van der Waals surface area contributed by atoms with Gasteiger partial charge >= 0.3 is 0 Å². The monoisotopic (exact) mass is 219 g/mol. The number of rotatable bonds is 5. The summed E-state index contributed by atoms with van der Waals surface area (Å²) in [6, 6.07) is 4.20. The highest BCUT2D eigenvalue weighted by Crippen LogP contribution is 2.18. The Morgan fingerprint density at radius 1 is 1.56 bits per heavy atom. The predicted molar refractivity (Wildman–Crippen MR) is 62.0 cm³/mol. The molecule has 0 aromatic carbocycles. The molecule has 0 aliphatic rings. The molecule has 0 spiro atoms. The third kappa shape index (κ3) is 2.52. The fourth-order valence-corrected chi connectivity index (χ4v) is 1.83. The molecule has 0 aliphatic heterocycles. The van der Waals surface area contributed by atoms with Crippen molar-refractivity contribution in [3.05, 3.63) is 42.1 Å². The zero-order chi connectivity index (χ0) is 11.4. The van der Waals surface area contributed by atoms with Gasteiger partial charge in [0.1, 0.15) is 5.76 Å². The molecule has 1 unspecified atom stereocenters. The van der Waals surface area contributed by atoms with Crippen molar-refractivity contribution in [2.75, 3.05) is 7.05 Å². The van der Waals surface area contributed by atoms with Gasteiger partial charge < -0.3 is 9.73 Å². The molecule has 4 nitrogen and oxygen atoms in total. The van der Waals surface area contributed by atoms with Crippen molar-refractivity contribution in [3.63, 3.8) is 0 Å². The number of nitrogens with zero attached hydrogens (tertiary/aromatic N) is 2. The number of aryl methyl sites for hydroxylation is 2. The first-order valence-electron chi connectivity index (χ1n) is 5.48. The molecular weight excluding hydrogens is 202 g/mol. The molecule has 1 N–H and O–H groups in total. The quantitative estimate of drug-likeness (QED) is 0.835. The number of furan rings is 1. The topological polar surface area (TPSA) is 43.0 Å². The summed E-state index contributed by atoms with van der Waals surface area (Å²) in [6.07, 6.45) is 7.68. The van der Waals surface area contributed by atoms with E-state index < -0.39 is 0 Å². The number of hydrogen-bond donors (Lipinski definition) is 1. The van der Waals surface area contributed by atoms with Gasteiger partial charge in [-0.15, -0.1) is 0 Å². The summed E-state index contributed by atoms with van der Waals surface area (Å²) < 4.78 is 7.23. The van der Waals surface area contributed by atoms with Crippen molar-refractivity contribution in [2.24, 2.45) is 7.05 Å². The van der Waals surface area contributed by atoms with Crippen LogP contribution in [0, 0.1) is 0 Å². The minimum absolute atomic E-state index is 0.273. The summed E-state index contributed by atoms with van der Waals surface area (Å²) in [4.78, 5) is 0. The average Bonchev–Trinajstić information content (AvgIpc) is 2.91. The normalized spacial score (nSPS) is 12.9. The molecule has 0 bridgehead atoms. The summed E-state index contributed by atoms with van der Waals surface area (Å²) in [6.45, 7) is 0. The smallest absolute Gasteiger partial charge is 0.120 e. The highest BCUT2D eigenvalue weighted by atomic mass is 16.3. The Hall–Kier alpha value is -1.55. The zero-order valence-electron chi connectivity index (χ0n) is 9.68. The van der Waals surface area contributed by atoms with Crippen molar-refractivity contribution in [2.45, 2.75) is 18.9 Å². The molecule has 0 aliphatic carbocycles. The zero-order valence-corrected chi connectivity index (χ0v) is 9.68. The van der Waals surface area contributed by atoms with Crippen LogP contribution in [0.5, 0.6) is 0 Å². The van der Waals surface area contributed by atoms with Crippen LogP contribution in [0.2, 0.25) is 0 Å². The van der Waals surface area contributed by atoms with Crippen LogP contribution in [0.3, 0.4) is 0 Å². The summed E-state index contributed by atoms with van der Waals surface area (Å²) in [5, 5.41) is 7.42. The second-order valence-corrected chi connectivity index (χ2v) is 3.92. The Bertz CT molecular complexity index is 419. The predicted octanol–water partition coefficient (Wildman–Crippen LogP) is 1.91. The molecule has 0 radical (unpaired) electrons. The SMILES string of the molecule is CNC(CCc1cnn(C)c1)c1ccco1. The van der Waals surface area contributed by atoms with Crippen molar-refractivity contribution < 1.29 is 4.42 Å². The van der Waals surface area contributed by atoms with E-state index in [1.807, 2.05) is 37.1 Å². The molecule has 4 heteroatoms. The average molecular weight is 219 g/mol. The Morgan fingerprint density at radius 2 is 2.44 bits per heavy atom. The second kappa shape index (κ2) is 4.99. The van der Waals surface area contributed by atoms with E-state index in [-0.39, 0.29) is 6.04 Å². The number of hydrogen-bond acceptors (Lipinski definition) is 3. The molecule has 1 atom stereocenters. The maximum Gasteiger partial charge on any atom is 0.120 e. The molecule has 2 rings (SSSR count). The number of aromatic nitrogens is 2. The molecule has 0 amide bonds. The van der Waals surface area contributed by atoms with Crippen LogP contribution in [0.15, 0.2) is 35.2 Å². The first kappa shape index (κ1) is 11.0. The fraction of sp³-hybridized carbons (Fsp3) is 0.417. The molecule has 0 saturated heterocycles. The lowest BCUT2D eigenvalue weighted by Crippen LogP contribution is -2.16. The van der Waals surface area contributed by atoms with E-state index >= 15 is 0 Å². The van der Waals surface area contributed by atoms with Gasteiger partial charge in [-0.3, -0.25) is 4.68 Å². The molecule has 2 aromatic rings. The minimum atomic E-state index is 0.273. The molecule has 2 aromatic heterocycles. The molecule has 0 fully saturated rings. The molecule has 2 heterocycles. The summed E-state index contributed by atoms with van der Waals surface area (Å²) in [5.74, 6) is 0.992. The highest BCUT2D eigenvalue weighted by molar-refractivity contribution is 5.08. The third-order valence-corrected chi connectivity index (χ3v) is 2.72. The first-order chi connectivity index (χ1) is 7.79. The third-order valence-electron chi connectivity index (χ3n) is 2.72. The highest BCUT2D eigenvalue weighted by Gasteiger charge is 2.11. The van der Waals surface area contributed by atoms with Gasteiger partial charge in [0, 0.05) is 13.2 Å². The summed E-state index contributed by atoms with van der Waals surface area (Å²) in [7, 11) is 3.89. The first-order valence-corrected chi connectivity index (χ1v) is 5.48. The lowest BCUT2D eigenvalue weighted by molar-refractivity contribution is 0.415. The van der Waals surface area contributed by atoms with Crippen molar-refractivity contribution in [3.8, 4) is 0 Å². The van der Waals surface area contributed by atoms with E-state index in [0.717, 1.165) is 18.6 Å². The second-order valence-electron chi connectivity index (χ2n) is 3.92. The van der Waals surface area contributed by atoms with Gasteiger partial charge in [0.2, 0.25) is 0 Å². The van der Waals surface area contributed by atoms with E-state index in [9.17, 15) is 0 Å². The fourth-order valence-electron chi connectivity index (χ4n) is 1.83. The maximum absolute atomic E-state index is 5.40. The minimum Gasteiger partial charge on any atom is -0.468 e. The Morgan fingerprint density at radius 3 is 3.00 bits per heavy atom. The van der Waals surface area contributed by atoms with E-state index in [4.69, 9.17) is 4.42 Å².